The van der Waals surface area contributed by atoms with Crippen LogP contribution in [0.3, 0.4) is 0 Å². The fourth-order valence-corrected chi connectivity index (χ4v) is 15.7. The number of aryl methyl sites for hydroxylation is 2. The number of benzene rings is 9. The Morgan fingerprint density at radius 3 is 1.66 bits per heavy atom. The summed E-state index contributed by atoms with van der Waals surface area (Å²) in [7, 11) is 0. The molecule has 3 aromatic heterocycles. The van der Waals surface area contributed by atoms with Gasteiger partial charge in [-0.2, -0.15) is 0 Å². The van der Waals surface area contributed by atoms with Crippen LogP contribution in [-0.2, 0) is 25.7 Å². The van der Waals surface area contributed by atoms with E-state index < -0.39 is 0 Å². The first-order valence-corrected chi connectivity index (χ1v) is 28.3. The second-order valence-corrected chi connectivity index (χ2v) is 22.7. The summed E-state index contributed by atoms with van der Waals surface area (Å²) in [5.74, 6) is 3.28. The zero-order valence-electron chi connectivity index (χ0n) is 42.2. The number of rotatable bonds is 4. The monoisotopic (exact) mass is 1010 g/mol. The molecule has 9 heteroatoms. The highest BCUT2D eigenvalue weighted by Gasteiger charge is 2.46. The van der Waals surface area contributed by atoms with Crippen molar-refractivity contribution in [3.8, 4) is 34.4 Å². The van der Waals surface area contributed by atoms with Crippen molar-refractivity contribution in [3.63, 3.8) is 0 Å². The number of fused-ring (bicyclic) bond motifs is 16. The molecule has 4 aliphatic heterocycles. The summed E-state index contributed by atoms with van der Waals surface area (Å²) in [5, 5.41) is 5.09. The Morgan fingerprint density at radius 2 is 0.948 bits per heavy atom. The lowest BCUT2D eigenvalue weighted by atomic mass is 9.34. The van der Waals surface area contributed by atoms with Crippen LogP contribution in [0.15, 0.2) is 194 Å². The largest absolute Gasteiger partial charge is 0.458 e. The van der Waals surface area contributed by atoms with Gasteiger partial charge in [-0.15, -0.1) is 11.3 Å². The Bertz CT molecular complexity index is 4520. The van der Waals surface area contributed by atoms with Gasteiger partial charge in [0.1, 0.15) is 22.2 Å². The van der Waals surface area contributed by atoms with Crippen LogP contribution in [0.4, 0.5) is 50.5 Å². The average Bonchev–Trinajstić information content (AvgIpc) is 4.33. The maximum absolute atomic E-state index is 7.53. The third-order valence-electron chi connectivity index (χ3n) is 17.6. The minimum absolute atomic E-state index is 0.129. The predicted octanol–water partition coefficient (Wildman–Crippen LogP) is 16.3. The summed E-state index contributed by atoms with van der Waals surface area (Å²) in [6.45, 7) is -0.129. The van der Waals surface area contributed by atoms with Crippen molar-refractivity contribution in [2.24, 2.45) is 0 Å². The first-order valence-electron chi connectivity index (χ1n) is 27.5. The zero-order valence-corrected chi connectivity index (χ0v) is 43.0. The molecule has 0 amide bonds. The van der Waals surface area contributed by atoms with Crippen molar-refractivity contribution in [2.45, 2.75) is 51.4 Å². The smallest absolute Gasteiger partial charge is 0.256 e. The highest BCUT2D eigenvalue weighted by atomic mass is 32.1. The highest BCUT2D eigenvalue weighted by Crippen LogP contribution is 2.66. The van der Waals surface area contributed by atoms with Gasteiger partial charge in [-0.25, -0.2) is 0 Å². The topological polar surface area (TPSA) is 38.0 Å². The van der Waals surface area contributed by atoms with E-state index in [1.165, 1.54) is 102 Å². The Hall–Kier alpha value is -8.92. The normalized spacial score (nSPS) is 15.2. The second-order valence-electron chi connectivity index (χ2n) is 21.6. The van der Waals surface area contributed by atoms with E-state index in [-0.39, 0.29) is 6.71 Å². The summed E-state index contributed by atoms with van der Waals surface area (Å²) in [6.07, 6.45) is 9.07. The first-order chi connectivity index (χ1) is 38.2. The minimum Gasteiger partial charge on any atom is -0.458 e. The molecule has 0 N–H and O–H groups in total. The molecule has 77 heavy (non-hydrogen) atoms. The molecule has 7 nitrogen and oxygen atoms in total. The standard InChI is InChI=1S/C68H48BN5O2S/c1-3-19-41(20-4-1)70-56-33-17-12-28-50(56)69-51-39-57-61(40-60(51)75-62-37-43(35-58(70)65(62)69)71-52-29-13-7-23-45(52)46-24-8-14-30-53(46)71)76-63-38-44(72-54-31-15-9-25-47(54)48-26-10-16-32-55(48)72)36-59-67(63)74(57)66-49-27-11-18-34-64(49)77-68(66)73(59)42-21-5-2-6-22-42/h1-7,9,11-13,15,17-23,25,27-29,31,33-40H,8,10,14,16,24,26,30,32H2. The lowest BCUT2D eigenvalue weighted by Crippen LogP contribution is -2.59. The average molecular weight is 1010 g/mol. The van der Waals surface area contributed by atoms with Crippen molar-refractivity contribution in [1.29, 1.82) is 0 Å². The molecule has 9 aromatic carbocycles. The van der Waals surface area contributed by atoms with Gasteiger partial charge >= 0.3 is 0 Å². The lowest BCUT2D eigenvalue weighted by Gasteiger charge is -2.44. The van der Waals surface area contributed by atoms with Crippen LogP contribution in [0.2, 0.25) is 0 Å². The van der Waals surface area contributed by atoms with Crippen molar-refractivity contribution < 1.29 is 9.47 Å². The van der Waals surface area contributed by atoms with E-state index in [0.29, 0.717) is 0 Å². The van der Waals surface area contributed by atoms with E-state index >= 15 is 0 Å². The van der Waals surface area contributed by atoms with Crippen LogP contribution < -0.4 is 40.6 Å². The maximum Gasteiger partial charge on any atom is 0.256 e. The summed E-state index contributed by atoms with van der Waals surface area (Å²) in [6, 6.07) is 71.9. The number of ether oxygens (including phenoxy) is 2. The van der Waals surface area contributed by atoms with E-state index in [1.807, 2.05) is 11.3 Å². The molecule has 7 heterocycles. The van der Waals surface area contributed by atoms with Crippen LogP contribution in [0.5, 0.6) is 23.0 Å². The summed E-state index contributed by atoms with van der Waals surface area (Å²) in [4.78, 5) is 7.50. The predicted molar refractivity (Wildman–Crippen MR) is 318 cm³/mol. The van der Waals surface area contributed by atoms with Gasteiger partial charge < -0.3 is 23.5 Å². The third kappa shape index (κ3) is 5.81. The van der Waals surface area contributed by atoms with Crippen molar-refractivity contribution in [3.05, 3.63) is 217 Å². The maximum atomic E-state index is 7.53. The Kier molecular flexibility index (Phi) is 8.70. The molecule has 0 radical (unpaired) electrons. The number of hydrogen-bond acceptors (Lipinski definition) is 6. The van der Waals surface area contributed by atoms with Crippen LogP contribution in [0.1, 0.15) is 48.2 Å². The number of para-hydroxylation sites is 5. The molecule has 6 aliphatic rings. The first kappa shape index (κ1) is 42.3. The lowest BCUT2D eigenvalue weighted by molar-refractivity contribution is 0.459. The van der Waals surface area contributed by atoms with Gasteiger partial charge in [0.2, 0.25) is 0 Å². The van der Waals surface area contributed by atoms with Gasteiger partial charge in [-0.1, -0.05) is 109 Å². The van der Waals surface area contributed by atoms with Gasteiger partial charge in [-0.05, 0) is 146 Å². The number of aromatic nitrogens is 2. The van der Waals surface area contributed by atoms with E-state index in [0.717, 1.165) is 105 Å². The Balaban J connectivity index is 0.899. The molecular formula is C68H48BN5O2S. The molecule has 0 unspecified atom stereocenters. The molecule has 0 atom stereocenters. The molecule has 0 bridgehead atoms. The van der Waals surface area contributed by atoms with Gasteiger partial charge in [-0.3, -0.25) is 9.80 Å². The molecule has 2 aliphatic carbocycles. The summed E-state index contributed by atoms with van der Waals surface area (Å²) < 4.78 is 21.4. The third-order valence-corrected chi connectivity index (χ3v) is 18.7. The molecular weight excluding hydrogens is 962 g/mol. The summed E-state index contributed by atoms with van der Waals surface area (Å²) in [5.41, 5.74) is 22.9. The van der Waals surface area contributed by atoms with Crippen molar-refractivity contribution in [1.82, 2.24) is 9.13 Å². The fourth-order valence-electron chi connectivity index (χ4n) is 14.5. The van der Waals surface area contributed by atoms with E-state index in [9.17, 15) is 0 Å². The second kappa shape index (κ2) is 15.8. The Labute approximate surface area is 450 Å². The van der Waals surface area contributed by atoms with Crippen molar-refractivity contribution >= 4 is 117 Å². The van der Waals surface area contributed by atoms with Crippen molar-refractivity contribution in [2.75, 3.05) is 14.7 Å². The zero-order chi connectivity index (χ0) is 50.0. The molecule has 0 saturated heterocycles. The summed E-state index contributed by atoms with van der Waals surface area (Å²) >= 11 is 1.86. The van der Waals surface area contributed by atoms with E-state index in [4.69, 9.17) is 9.47 Å². The van der Waals surface area contributed by atoms with Gasteiger partial charge in [0.05, 0.1) is 39.5 Å². The van der Waals surface area contributed by atoms with Gasteiger partial charge in [0, 0.05) is 73.2 Å². The van der Waals surface area contributed by atoms with E-state index in [1.54, 1.807) is 0 Å². The van der Waals surface area contributed by atoms with Crippen LogP contribution in [0.25, 0.3) is 43.3 Å². The minimum atomic E-state index is -0.129. The molecule has 0 spiro atoms. The fraction of sp³-hybridized carbons (Fsp3) is 0.118. The molecule has 0 fully saturated rings. The quantitative estimate of drug-likeness (QED) is 0.164. The van der Waals surface area contributed by atoms with Crippen LogP contribution in [-0.4, -0.2) is 15.8 Å². The Morgan fingerprint density at radius 1 is 0.377 bits per heavy atom. The van der Waals surface area contributed by atoms with E-state index in [2.05, 4.69) is 218 Å². The molecule has 366 valence electrons. The van der Waals surface area contributed by atoms with Gasteiger partial charge in [0.15, 0.2) is 11.5 Å². The number of thiophene rings is 1. The number of hydrogen-bond donors (Lipinski definition) is 0. The molecule has 12 aromatic rings. The SMILES string of the molecule is c1ccc(N2c3ccccc3B3c4cc5c(cc4Oc4cc(-n6c7c(c8ccccc86)CCCC7)cc2c43)Oc2cc(-n3c4c(c6ccccc63)CCCC4)cc3c2N5c2c(sc4ccccc24)N3c2ccccc2)cc1. The molecule has 18 rings (SSSR count). The highest BCUT2D eigenvalue weighted by molar-refractivity contribution is 7.24. The van der Waals surface area contributed by atoms with Gasteiger partial charge in [0.25, 0.3) is 6.71 Å². The van der Waals surface area contributed by atoms with Crippen LogP contribution >= 0.6 is 11.3 Å². The van der Waals surface area contributed by atoms with Crippen LogP contribution in [0, 0.1) is 0 Å². The number of anilines is 9. The molecule has 0 saturated carbocycles. The number of nitrogens with zero attached hydrogens (tertiary/aromatic N) is 5.